The molecule has 7 fully saturated rings. The first kappa shape index (κ1) is 10.7. The lowest BCUT2D eigenvalue weighted by molar-refractivity contribution is -0.134. The van der Waals surface area contributed by atoms with Gasteiger partial charge in [-0.25, -0.2) is 4.39 Å². The van der Waals surface area contributed by atoms with Crippen LogP contribution >= 0.6 is 0 Å². The Morgan fingerprint density at radius 3 is 2.67 bits per heavy atom. The molecule has 2 heterocycles. The summed E-state index contributed by atoms with van der Waals surface area (Å²) in [5.74, 6) is 6.12. The molecular weight excluding hydrogens is 265 g/mol. The lowest BCUT2D eigenvalue weighted by atomic mass is 9.59. The molecule has 0 spiro atoms. The summed E-state index contributed by atoms with van der Waals surface area (Å²) in [6.45, 7) is 0.806. The van der Waals surface area contributed by atoms with Crippen molar-refractivity contribution in [3.8, 4) is 0 Å². The average molecular weight is 283 g/mol. The molecule has 5 aliphatic carbocycles. The molecule has 10 atom stereocenters. The Balaban J connectivity index is 1.35. The highest BCUT2D eigenvalue weighted by Gasteiger charge is 2.93. The maximum Gasteiger partial charge on any atom is 0.125 e. The first-order chi connectivity index (χ1) is 10.2. The Labute approximate surface area is 122 Å². The molecule has 1 aromatic rings. The molecule has 8 rings (SSSR count). The first-order valence-electron chi connectivity index (χ1n) is 8.45. The van der Waals surface area contributed by atoms with Crippen LogP contribution in [0.25, 0.3) is 0 Å². The molecule has 21 heavy (non-hydrogen) atoms. The van der Waals surface area contributed by atoms with Crippen molar-refractivity contribution in [1.82, 2.24) is 4.90 Å². The Morgan fingerprint density at radius 1 is 1.05 bits per heavy atom. The molecule has 7 aliphatic rings. The van der Waals surface area contributed by atoms with Crippen LogP contribution in [0, 0.1) is 53.2 Å². The second-order valence-corrected chi connectivity index (χ2v) is 8.45. The van der Waals surface area contributed by atoms with Crippen LogP contribution in [0.4, 0.5) is 4.39 Å². The van der Waals surface area contributed by atoms with Gasteiger partial charge in [0.15, 0.2) is 0 Å². The Hall–Kier alpha value is -0.930. The highest BCUT2D eigenvalue weighted by Crippen LogP contribution is 2.90. The predicted octanol–water partition coefficient (Wildman–Crippen LogP) is 2.09. The first-order valence-corrected chi connectivity index (χ1v) is 8.45. The van der Waals surface area contributed by atoms with Crippen LogP contribution in [0.5, 0.6) is 0 Å². The van der Waals surface area contributed by atoms with Gasteiger partial charge >= 0.3 is 0 Å². The number of aliphatic hydroxyl groups is 1. The molecule has 2 saturated heterocycles. The number of hydrogen-bond acceptors (Lipinski definition) is 2. The van der Waals surface area contributed by atoms with Gasteiger partial charge in [0.1, 0.15) is 11.5 Å². The third-order valence-corrected chi connectivity index (χ3v) is 8.48. The summed E-state index contributed by atoms with van der Waals surface area (Å²) in [6, 6.07) is 7.49. The molecular formula is C18H18FNO. The number of rotatable bonds is 2. The van der Waals surface area contributed by atoms with Crippen LogP contribution < -0.4 is 0 Å². The van der Waals surface area contributed by atoms with Crippen LogP contribution in [-0.4, -0.2) is 21.8 Å². The van der Waals surface area contributed by atoms with E-state index in [2.05, 4.69) is 4.90 Å². The zero-order valence-electron chi connectivity index (χ0n) is 11.7. The topological polar surface area (TPSA) is 23.5 Å². The maximum absolute atomic E-state index is 13.1. The van der Waals surface area contributed by atoms with Gasteiger partial charge in [-0.3, -0.25) is 4.90 Å². The van der Waals surface area contributed by atoms with Crippen LogP contribution in [0.2, 0.25) is 0 Å². The van der Waals surface area contributed by atoms with Crippen molar-refractivity contribution in [2.24, 2.45) is 47.3 Å². The van der Waals surface area contributed by atoms with Crippen molar-refractivity contribution < 1.29 is 9.50 Å². The minimum atomic E-state index is -0.508. The van der Waals surface area contributed by atoms with Crippen molar-refractivity contribution in [3.05, 3.63) is 35.6 Å². The van der Waals surface area contributed by atoms with E-state index in [0.717, 1.165) is 47.6 Å². The van der Waals surface area contributed by atoms with E-state index >= 15 is 0 Å². The highest BCUT2D eigenvalue weighted by atomic mass is 19.1. The molecule has 10 unspecified atom stereocenters. The molecule has 4 bridgehead atoms. The normalized spacial score (nSPS) is 63.2. The quantitative estimate of drug-likeness (QED) is 0.898. The van der Waals surface area contributed by atoms with Gasteiger partial charge in [-0.15, -0.1) is 0 Å². The van der Waals surface area contributed by atoms with Crippen molar-refractivity contribution in [2.75, 3.05) is 0 Å². The molecule has 0 aromatic heterocycles. The standard InChI is InChI=1S/C18H18FNO/c19-8-3-1-7(2-4-8)6-20-17-13-9-5-10-12-11(9)14(17)16(12)18(20,21)15(10)13/h1-4,9-17,21H,5-6H2. The Bertz CT molecular complexity index is 689. The van der Waals surface area contributed by atoms with Crippen LogP contribution in [0.3, 0.4) is 0 Å². The minimum Gasteiger partial charge on any atom is -0.375 e. The van der Waals surface area contributed by atoms with E-state index < -0.39 is 5.72 Å². The fourth-order valence-corrected chi connectivity index (χ4v) is 8.55. The number of hydrogen-bond donors (Lipinski definition) is 1. The number of halogens is 1. The van der Waals surface area contributed by atoms with Gasteiger partial charge < -0.3 is 5.11 Å². The fourth-order valence-electron chi connectivity index (χ4n) is 8.55. The Morgan fingerprint density at radius 2 is 1.86 bits per heavy atom. The summed E-state index contributed by atoms with van der Waals surface area (Å²) in [5, 5.41) is 11.6. The molecule has 1 aromatic carbocycles. The summed E-state index contributed by atoms with van der Waals surface area (Å²) in [6.07, 6.45) is 1.42. The SMILES string of the molecule is OC12C3C4CC5C6C4C1C6C(C53)N2Cc1ccc(F)cc1. The molecule has 0 radical (unpaired) electrons. The zero-order chi connectivity index (χ0) is 13.7. The smallest absolute Gasteiger partial charge is 0.125 e. The molecule has 108 valence electrons. The van der Waals surface area contributed by atoms with Crippen LogP contribution in [-0.2, 0) is 6.54 Å². The number of benzene rings is 1. The largest absolute Gasteiger partial charge is 0.375 e. The van der Waals surface area contributed by atoms with E-state index in [-0.39, 0.29) is 5.82 Å². The third-order valence-electron chi connectivity index (χ3n) is 8.48. The lowest BCUT2D eigenvalue weighted by Crippen LogP contribution is -2.50. The number of nitrogens with zero attached hydrogens (tertiary/aromatic N) is 1. The fraction of sp³-hybridized carbons (Fsp3) is 0.667. The monoisotopic (exact) mass is 283 g/mol. The Kier molecular flexibility index (Phi) is 1.44. The molecule has 2 aliphatic heterocycles. The van der Waals surface area contributed by atoms with E-state index in [1.165, 1.54) is 6.42 Å². The van der Waals surface area contributed by atoms with Crippen molar-refractivity contribution >= 4 is 0 Å². The highest BCUT2D eigenvalue weighted by molar-refractivity contribution is 5.41. The van der Waals surface area contributed by atoms with Crippen LogP contribution in [0.1, 0.15) is 12.0 Å². The van der Waals surface area contributed by atoms with Crippen LogP contribution in [0.15, 0.2) is 24.3 Å². The van der Waals surface area contributed by atoms with E-state index in [0.29, 0.717) is 17.9 Å². The predicted molar refractivity (Wildman–Crippen MR) is 73.2 cm³/mol. The summed E-state index contributed by atoms with van der Waals surface area (Å²) in [4.78, 5) is 2.44. The zero-order valence-corrected chi connectivity index (χ0v) is 11.7. The van der Waals surface area contributed by atoms with Gasteiger partial charge in [0.25, 0.3) is 0 Å². The van der Waals surface area contributed by atoms with Gasteiger partial charge in [0.05, 0.1) is 0 Å². The van der Waals surface area contributed by atoms with Gasteiger partial charge in [0.2, 0.25) is 0 Å². The molecule has 5 saturated carbocycles. The molecule has 2 nitrogen and oxygen atoms in total. The van der Waals surface area contributed by atoms with Crippen molar-refractivity contribution in [1.29, 1.82) is 0 Å². The molecule has 0 amide bonds. The van der Waals surface area contributed by atoms with E-state index in [9.17, 15) is 9.50 Å². The van der Waals surface area contributed by atoms with Crippen molar-refractivity contribution in [3.63, 3.8) is 0 Å². The lowest BCUT2D eigenvalue weighted by Gasteiger charge is -2.45. The van der Waals surface area contributed by atoms with Gasteiger partial charge in [-0.05, 0) is 59.6 Å². The van der Waals surface area contributed by atoms with Gasteiger partial charge in [-0.1, -0.05) is 12.1 Å². The average Bonchev–Trinajstić information content (AvgIpc) is 3.07. The van der Waals surface area contributed by atoms with Gasteiger partial charge in [-0.2, -0.15) is 0 Å². The summed E-state index contributed by atoms with van der Waals surface area (Å²) in [5.41, 5.74) is 0.636. The second-order valence-electron chi connectivity index (χ2n) is 8.45. The van der Waals surface area contributed by atoms with E-state index in [1.807, 2.05) is 12.1 Å². The maximum atomic E-state index is 13.1. The summed E-state index contributed by atoms with van der Waals surface area (Å²) >= 11 is 0. The third kappa shape index (κ3) is 0.805. The van der Waals surface area contributed by atoms with Crippen molar-refractivity contribution in [2.45, 2.75) is 24.7 Å². The summed E-state index contributed by atoms with van der Waals surface area (Å²) < 4.78 is 13.1. The second kappa shape index (κ2) is 2.81. The van der Waals surface area contributed by atoms with Gasteiger partial charge in [0, 0.05) is 24.4 Å². The molecule has 1 N–H and O–H groups in total. The van der Waals surface area contributed by atoms with E-state index in [4.69, 9.17) is 0 Å². The minimum absolute atomic E-state index is 0.173. The summed E-state index contributed by atoms with van der Waals surface area (Å²) in [7, 11) is 0. The van der Waals surface area contributed by atoms with E-state index in [1.54, 1.807) is 12.1 Å². The molecule has 3 heteroatoms.